The molecule has 0 bridgehead atoms. The molecule has 1 heterocycles. The van der Waals surface area contributed by atoms with Crippen molar-refractivity contribution < 1.29 is 9.53 Å². The predicted octanol–water partition coefficient (Wildman–Crippen LogP) is 3.45. The number of carbonyl (C=O) groups excluding carboxylic acids is 1. The summed E-state index contributed by atoms with van der Waals surface area (Å²) in [5.74, 6) is 3.25. The van der Waals surface area contributed by atoms with Crippen LogP contribution in [-0.2, 0) is 11.2 Å². The smallest absolute Gasteiger partial charge is 0.258 e. The number of hydrogen-bond acceptors (Lipinski definition) is 3. The molecule has 1 unspecified atom stereocenters. The topological polar surface area (TPSA) is 66.0 Å². The molecule has 1 aromatic carbocycles. The number of halogens is 1. The van der Waals surface area contributed by atoms with Crippen molar-refractivity contribution >= 4 is 35.8 Å². The number of ether oxygens (including phenoxy) is 1. The van der Waals surface area contributed by atoms with Crippen LogP contribution in [0.3, 0.4) is 0 Å². The summed E-state index contributed by atoms with van der Waals surface area (Å²) < 4.78 is 5.56. The van der Waals surface area contributed by atoms with E-state index in [2.05, 4.69) is 46.5 Å². The second-order valence-electron chi connectivity index (χ2n) is 8.73. The Morgan fingerprint density at radius 3 is 2.60 bits per heavy atom. The Balaban J connectivity index is 0.00000320. The molecule has 1 aliphatic heterocycles. The van der Waals surface area contributed by atoms with Gasteiger partial charge in [0.25, 0.3) is 5.91 Å². The molecular formula is C23H37IN4O2. The van der Waals surface area contributed by atoms with Gasteiger partial charge in [-0.05, 0) is 61.6 Å². The molecule has 2 fully saturated rings. The Kier molecular flexibility index (Phi) is 10.2. The van der Waals surface area contributed by atoms with Crippen LogP contribution in [0, 0.1) is 11.8 Å². The highest BCUT2D eigenvalue weighted by atomic mass is 127. The van der Waals surface area contributed by atoms with Gasteiger partial charge in [0.15, 0.2) is 12.6 Å². The van der Waals surface area contributed by atoms with E-state index in [0.29, 0.717) is 6.04 Å². The Morgan fingerprint density at radius 2 is 1.97 bits per heavy atom. The predicted molar refractivity (Wildman–Crippen MR) is 133 cm³/mol. The molecule has 1 saturated heterocycles. The summed E-state index contributed by atoms with van der Waals surface area (Å²) in [6.45, 7) is 7.74. The molecule has 1 saturated carbocycles. The third-order valence-corrected chi connectivity index (χ3v) is 5.53. The van der Waals surface area contributed by atoms with Crippen molar-refractivity contribution in [2.45, 2.75) is 52.0 Å². The van der Waals surface area contributed by atoms with Crippen LogP contribution in [0.15, 0.2) is 29.3 Å². The van der Waals surface area contributed by atoms with Crippen molar-refractivity contribution in [1.82, 2.24) is 15.5 Å². The van der Waals surface area contributed by atoms with E-state index in [0.717, 1.165) is 62.4 Å². The summed E-state index contributed by atoms with van der Waals surface area (Å²) >= 11 is 0. The molecular weight excluding hydrogens is 491 g/mol. The number of aliphatic imine (C=N–C) groups is 1. The van der Waals surface area contributed by atoms with E-state index < -0.39 is 0 Å². The van der Waals surface area contributed by atoms with E-state index in [9.17, 15) is 4.79 Å². The highest BCUT2D eigenvalue weighted by Crippen LogP contribution is 2.23. The average molecular weight is 528 g/mol. The number of benzene rings is 1. The summed E-state index contributed by atoms with van der Waals surface area (Å²) in [5, 5.41) is 6.43. The second-order valence-corrected chi connectivity index (χ2v) is 8.73. The van der Waals surface area contributed by atoms with Gasteiger partial charge in [0.1, 0.15) is 5.75 Å². The lowest BCUT2D eigenvalue weighted by Crippen LogP contribution is -2.40. The van der Waals surface area contributed by atoms with Gasteiger partial charge in [-0.25, -0.2) is 0 Å². The van der Waals surface area contributed by atoms with Crippen LogP contribution < -0.4 is 15.4 Å². The fourth-order valence-corrected chi connectivity index (χ4v) is 3.93. The third kappa shape index (κ3) is 8.32. The van der Waals surface area contributed by atoms with E-state index in [-0.39, 0.29) is 36.5 Å². The molecule has 1 atom stereocenters. The molecule has 0 radical (unpaired) electrons. The van der Waals surface area contributed by atoms with Crippen molar-refractivity contribution in [1.29, 1.82) is 0 Å². The van der Waals surface area contributed by atoms with Gasteiger partial charge < -0.3 is 20.3 Å². The standard InChI is InChI=1S/C23H36N4O2.HI/c1-17(2)14-19-11-13-27(15-19)23(24-3)25-12-10-18-4-8-21(9-5-18)29-16-22(28)26-20-6-7-20;/h4-5,8-9,17,19-20H,6-7,10-16H2,1-3H3,(H,24,25)(H,26,28);1H. The number of amides is 1. The first-order chi connectivity index (χ1) is 14.0. The Bertz CT molecular complexity index is 689. The van der Waals surface area contributed by atoms with Gasteiger partial charge in [-0.1, -0.05) is 26.0 Å². The van der Waals surface area contributed by atoms with E-state index in [1.165, 1.54) is 18.4 Å². The number of nitrogens with zero attached hydrogens (tertiary/aromatic N) is 2. The first kappa shape index (κ1) is 24.8. The van der Waals surface area contributed by atoms with Gasteiger partial charge in [0, 0.05) is 32.7 Å². The van der Waals surface area contributed by atoms with Crippen LogP contribution in [0.4, 0.5) is 0 Å². The highest BCUT2D eigenvalue weighted by Gasteiger charge is 2.25. The normalized spacial score (nSPS) is 18.9. The Labute approximate surface area is 198 Å². The van der Waals surface area contributed by atoms with Crippen LogP contribution in [0.25, 0.3) is 0 Å². The zero-order valence-electron chi connectivity index (χ0n) is 18.5. The van der Waals surface area contributed by atoms with E-state index in [1.807, 2.05) is 19.2 Å². The van der Waals surface area contributed by atoms with Crippen LogP contribution in [-0.4, -0.2) is 56.1 Å². The molecule has 1 aliphatic carbocycles. The van der Waals surface area contributed by atoms with Crippen LogP contribution >= 0.6 is 24.0 Å². The minimum absolute atomic E-state index is 0. The maximum atomic E-state index is 11.7. The van der Waals surface area contributed by atoms with E-state index in [4.69, 9.17) is 4.74 Å². The maximum Gasteiger partial charge on any atom is 0.258 e. The lowest BCUT2D eigenvalue weighted by Gasteiger charge is -2.22. The number of likely N-dealkylation sites (tertiary alicyclic amines) is 1. The molecule has 7 heteroatoms. The molecule has 1 amide bonds. The van der Waals surface area contributed by atoms with Gasteiger partial charge in [-0.3, -0.25) is 9.79 Å². The number of rotatable bonds is 9. The van der Waals surface area contributed by atoms with Crippen LogP contribution in [0.5, 0.6) is 5.75 Å². The van der Waals surface area contributed by atoms with Crippen LogP contribution in [0.2, 0.25) is 0 Å². The van der Waals surface area contributed by atoms with Crippen molar-refractivity contribution in [3.8, 4) is 5.75 Å². The van der Waals surface area contributed by atoms with E-state index >= 15 is 0 Å². The minimum atomic E-state index is -0.0373. The first-order valence-corrected chi connectivity index (χ1v) is 11.0. The Morgan fingerprint density at radius 1 is 1.23 bits per heavy atom. The van der Waals surface area contributed by atoms with Gasteiger partial charge in [0.2, 0.25) is 0 Å². The number of hydrogen-bond donors (Lipinski definition) is 2. The monoisotopic (exact) mass is 528 g/mol. The quantitative estimate of drug-likeness (QED) is 0.293. The molecule has 168 valence electrons. The average Bonchev–Trinajstić information content (AvgIpc) is 3.40. The highest BCUT2D eigenvalue weighted by molar-refractivity contribution is 14.0. The zero-order valence-corrected chi connectivity index (χ0v) is 20.9. The Hall–Kier alpha value is -1.51. The summed E-state index contributed by atoms with van der Waals surface area (Å²) in [4.78, 5) is 18.5. The molecule has 0 aromatic heterocycles. The zero-order chi connectivity index (χ0) is 20.6. The fraction of sp³-hybridized carbons (Fsp3) is 0.652. The summed E-state index contributed by atoms with van der Waals surface area (Å²) in [7, 11) is 1.86. The number of guanidine groups is 1. The summed E-state index contributed by atoms with van der Waals surface area (Å²) in [6, 6.07) is 8.37. The molecule has 1 aromatic rings. The molecule has 2 aliphatic rings. The van der Waals surface area contributed by atoms with Crippen molar-refractivity contribution in [3.05, 3.63) is 29.8 Å². The first-order valence-electron chi connectivity index (χ1n) is 11.0. The van der Waals surface area contributed by atoms with Gasteiger partial charge in [-0.15, -0.1) is 24.0 Å². The summed E-state index contributed by atoms with van der Waals surface area (Å²) in [5.41, 5.74) is 1.24. The van der Waals surface area contributed by atoms with Crippen molar-refractivity contribution in [3.63, 3.8) is 0 Å². The number of nitrogens with one attached hydrogen (secondary N) is 2. The van der Waals surface area contributed by atoms with Crippen LogP contribution in [0.1, 0.15) is 45.1 Å². The van der Waals surface area contributed by atoms with Crippen molar-refractivity contribution in [2.75, 3.05) is 33.3 Å². The second kappa shape index (κ2) is 12.4. The van der Waals surface area contributed by atoms with Gasteiger partial charge in [0.05, 0.1) is 0 Å². The molecule has 2 N–H and O–H groups in total. The van der Waals surface area contributed by atoms with E-state index in [1.54, 1.807) is 0 Å². The largest absolute Gasteiger partial charge is 0.484 e. The van der Waals surface area contributed by atoms with Gasteiger partial charge in [-0.2, -0.15) is 0 Å². The minimum Gasteiger partial charge on any atom is -0.484 e. The van der Waals surface area contributed by atoms with Gasteiger partial charge >= 0.3 is 0 Å². The fourth-order valence-electron chi connectivity index (χ4n) is 3.93. The number of carbonyl (C=O) groups is 1. The SMILES string of the molecule is CN=C(NCCc1ccc(OCC(=O)NC2CC2)cc1)N1CCC(CC(C)C)C1.I. The lowest BCUT2D eigenvalue weighted by molar-refractivity contribution is -0.123. The molecule has 0 spiro atoms. The maximum absolute atomic E-state index is 11.7. The van der Waals surface area contributed by atoms with Crippen molar-refractivity contribution in [2.24, 2.45) is 16.8 Å². The molecule has 30 heavy (non-hydrogen) atoms. The lowest BCUT2D eigenvalue weighted by atomic mass is 9.97. The molecule has 6 nitrogen and oxygen atoms in total. The third-order valence-electron chi connectivity index (χ3n) is 5.53. The molecule has 3 rings (SSSR count). The summed E-state index contributed by atoms with van der Waals surface area (Å²) in [6.07, 6.45) is 5.67.